The van der Waals surface area contributed by atoms with Crippen molar-refractivity contribution in [3.8, 4) is 0 Å². The zero-order chi connectivity index (χ0) is 13.5. The van der Waals surface area contributed by atoms with E-state index in [1.807, 2.05) is 30.3 Å². The highest BCUT2D eigenvalue weighted by molar-refractivity contribution is 5.72. The number of benzene rings is 1. The zero-order valence-electron chi connectivity index (χ0n) is 11.2. The minimum Gasteiger partial charge on any atom is -0.452 e. The number of rotatable bonds is 3. The van der Waals surface area contributed by atoms with Gasteiger partial charge >= 0.3 is 6.09 Å². The highest BCUT2D eigenvalue weighted by atomic mass is 16.5. The van der Waals surface area contributed by atoms with E-state index in [0.29, 0.717) is 0 Å². The van der Waals surface area contributed by atoms with E-state index in [0.717, 1.165) is 24.1 Å². The Morgan fingerprint density at radius 3 is 2.37 bits per heavy atom. The van der Waals surface area contributed by atoms with E-state index < -0.39 is 6.09 Å². The van der Waals surface area contributed by atoms with E-state index in [2.05, 4.69) is 15.6 Å². The molecule has 0 saturated heterocycles. The minimum atomic E-state index is -0.482. The first kappa shape index (κ1) is 13.5. The smallest absolute Gasteiger partial charge is 0.425 e. The monoisotopic (exact) mass is 260 g/mol. The van der Waals surface area contributed by atoms with E-state index in [4.69, 9.17) is 0 Å². The second kappa shape index (κ2) is 6.83. The standard InChI is InChI=1S/C15H20N2O2/c1-19-15(18)17-16-14(12-8-4-2-5-9-12)13-10-6-3-7-11-13/h2,4-5,8-9,16H,3,6-7,10-11H2,1H3,(H,17,18). The van der Waals surface area contributed by atoms with Crippen molar-refractivity contribution in [2.75, 3.05) is 7.11 Å². The number of carbonyl (C=O) groups is 1. The molecule has 4 nitrogen and oxygen atoms in total. The Kier molecular flexibility index (Phi) is 4.84. The molecule has 0 atom stereocenters. The van der Waals surface area contributed by atoms with Crippen molar-refractivity contribution in [3.63, 3.8) is 0 Å². The Hall–Kier alpha value is -1.97. The Balaban J connectivity index is 2.20. The topological polar surface area (TPSA) is 50.4 Å². The summed E-state index contributed by atoms with van der Waals surface area (Å²) < 4.78 is 4.59. The van der Waals surface area contributed by atoms with Crippen LogP contribution in [0, 0.1) is 0 Å². The molecule has 1 fully saturated rings. The van der Waals surface area contributed by atoms with E-state index in [1.54, 1.807) is 0 Å². The number of hydrogen-bond acceptors (Lipinski definition) is 3. The summed E-state index contributed by atoms with van der Waals surface area (Å²) in [7, 11) is 1.35. The molecule has 102 valence electrons. The van der Waals surface area contributed by atoms with Gasteiger partial charge in [-0.25, -0.2) is 10.2 Å². The van der Waals surface area contributed by atoms with Gasteiger partial charge in [-0.3, -0.25) is 5.43 Å². The molecule has 0 heterocycles. The third-order valence-electron chi connectivity index (χ3n) is 3.35. The lowest BCUT2D eigenvalue weighted by molar-refractivity contribution is 0.168. The van der Waals surface area contributed by atoms with Gasteiger partial charge in [-0.1, -0.05) is 36.8 Å². The lowest BCUT2D eigenvalue weighted by atomic mass is 9.91. The molecule has 4 heteroatoms. The van der Waals surface area contributed by atoms with Crippen LogP contribution in [-0.4, -0.2) is 13.2 Å². The summed E-state index contributed by atoms with van der Waals surface area (Å²) in [4.78, 5) is 11.2. The van der Waals surface area contributed by atoms with Gasteiger partial charge in [0.15, 0.2) is 0 Å². The van der Waals surface area contributed by atoms with Gasteiger partial charge in [-0.15, -0.1) is 0 Å². The third kappa shape index (κ3) is 3.74. The number of carbonyl (C=O) groups excluding carboxylic acids is 1. The summed E-state index contributed by atoms with van der Waals surface area (Å²) in [6, 6.07) is 10.1. The number of hydrogen-bond donors (Lipinski definition) is 2. The highest BCUT2D eigenvalue weighted by Gasteiger charge is 2.13. The molecule has 2 N–H and O–H groups in total. The van der Waals surface area contributed by atoms with Crippen LogP contribution in [0.4, 0.5) is 4.79 Å². The molecular weight excluding hydrogens is 240 g/mol. The first-order valence-electron chi connectivity index (χ1n) is 6.68. The van der Waals surface area contributed by atoms with Crippen LogP contribution in [0.5, 0.6) is 0 Å². The Bertz CT molecular complexity index is 446. The molecule has 1 saturated carbocycles. The Morgan fingerprint density at radius 1 is 1.05 bits per heavy atom. The maximum atomic E-state index is 11.2. The normalized spacial score (nSPS) is 14.7. The SMILES string of the molecule is COC(=O)NNC(=C1CCCCC1)c1ccccc1. The molecule has 2 rings (SSSR count). The number of allylic oxidation sites excluding steroid dienone is 1. The lowest BCUT2D eigenvalue weighted by Gasteiger charge is -2.21. The van der Waals surface area contributed by atoms with E-state index >= 15 is 0 Å². The van der Waals surface area contributed by atoms with Gasteiger partial charge in [0.2, 0.25) is 0 Å². The van der Waals surface area contributed by atoms with Crippen molar-refractivity contribution in [2.24, 2.45) is 0 Å². The lowest BCUT2D eigenvalue weighted by Crippen LogP contribution is -2.36. The van der Waals surface area contributed by atoms with Crippen LogP contribution in [0.1, 0.15) is 37.7 Å². The molecule has 1 aromatic carbocycles. The predicted octanol–water partition coefficient (Wildman–Crippen LogP) is 3.22. The molecule has 0 unspecified atom stereocenters. The molecule has 1 aliphatic carbocycles. The molecule has 0 aromatic heterocycles. The summed E-state index contributed by atoms with van der Waals surface area (Å²) in [6.45, 7) is 0. The molecule has 1 amide bonds. The second-order valence-corrected chi connectivity index (χ2v) is 4.65. The van der Waals surface area contributed by atoms with Crippen LogP contribution < -0.4 is 10.9 Å². The maximum Gasteiger partial charge on any atom is 0.425 e. The summed E-state index contributed by atoms with van der Waals surface area (Å²) in [5, 5.41) is 0. The second-order valence-electron chi connectivity index (χ2n) is 4.65. The van der Waals surface area contributed by atoms with Crippen molar-refractivity contribution in [2.45, 2.75) is 32.1 Å². The quantitative estimate of drug-likeness (QED) is 0.820. The average molecular weight is 260 g/mol. The van der Waals surface area contributed by atoms with E-state index in [1.165, 1.54) is 31.9 Å². The van der Waals surface area contributed by atoms with Crippen LogP contribution in [0.25, 0.3) is 5.70 Å². The zero-order valence-corrected chi connectivity index (χ0v) is 11.2. The van der Waals surface area contributed by atoms with Crippen molar-refractivity contribution in [1.29, 1.82) is 0 Å². The van der Waals surface area contributed by atoms with Crippen LogP contribution in [0.15, 0.2) is 35.9 Å². The Labute approximate surface area is 113 Å². The molecule has 0 spiro atoms. The molecule has 0 radical (unpaired) electrons. The Morgan fingerprint density at radius 2 is 1.74 bits per heavy atom. The van der Waals surface area contributed by atoms with Crippen molar-refractivity contribution in [3.05, 3.63) is 41.5 Å². The molecule has 19 heavy (non-hydrogen) atoms. The van der Waals surface area contributed by atoms with Crippen LogP contribution in [0.2, 0.25) is 0 Å². The summed E-state index contributed by atoms with van der Waals surface area (Å²) in [5.41, 5.74) is 9.04. The molecule has 1 aliphatic rings. The maximum absolute atomic E-state index is 11.2. The summed E-state index contributed by atoms with van der Waals surface area (Å²) in [5.74, 6) is 0. The third-order valence-corrected chi connectivity index (χ3v) is 3.35. The fourth-order valence-corrected chi connectivity index (χ4v) is 2.36. The van der Waals surface area contributed by atoms with Crippen LogP contribution >= 0.6 is 0 Å². The minimum absolute atomic E-state index is 0.482. The van der Waals surface area contributed by atoms with Crippen molar-refractivity contribution < 1.29 is 9.53 Å². The van der Waals surface area contributed by atoms with Gasteiger partial charge in [0.1, 0.15) is 0 Å². The number of ether oxygens (including phenoxy) is 1. The number of hydrazine groups is 1. The molecular formula is C15H20N2O2. The van der Waals surface area contributed by atoms with E-state index in [-0.39, 0.29) is 0 Å². The number of methoxy groups -OCH3 is 1. The summed E-state index contributed by atoms with van der Waals surface area (Å²) in [6.07, 6.45) is 5.40. The first-order chi connectivity index (χ1) is 9.31. The van der Waals surface area contributed by atoms with Crippen LogP contribution in [0.3, 0.4) is 0 Å². The van der Waals surface area contributed by atoms with E-state index in [9.17, 15) is 4.79 Å². The van der Waals surface area contributed by atoms with Gasteiger partial charge in [0.25, 0.3) is 0 Å². The highest BCUT2D eigenvalue weighted by Crippen LogP contribution is 2.28. The fraction of sp³-hybridized carbons (Fsp3) is 0.400. The van der Waals surface area contributed by atoms with Gasteiger partial charge in [-0.2, -0.15) is 0 Å². The van der Waals surface area contributed by atoms with Gasteiger partial charge in [-0.05, 0) is 36.8 Å². The molecule has 0 bridgehead atoms. The fourth-order valence-electron chi connectivity index (χ4n) is 2.36. The molecule has 1 aromatic rings. The van der Waals surface area contributed by atoms with Crippen molar-refractivity contribution >= 4 is 11.8 Å². The van der Waals surface area contributed by atoms with Gasteiger partial charge in [0.05, 0.1) is 12.8 Å². The number of nitrogens with one attached hydrogen (secondary N) is 2. The summed E-state index contributed by atoms with van der Waals surface area (Å²) >= 11 is 0. The van der Waals surface area contributed by atoms with Crippen LogP contribution in [-0.2, 0) is 4.74 Å². The van der Waals surface area contributed by atoms with Gasteiger partial charge < -0.3 is 4.74 Å². The van der Waals surface area contributed by atoms with Gasteiger partial charge in [0, 0.05) is 0 Å². The van der Waals surface area contributed by atoms with Crippen molar-refractivity contribution in [1.82, 2.24) is 10.9 Å². The number of amides is 1. The average Bonchev–Trinajstić information content (AvgIpc) is 2.49. The first-order valence-corrected chi connectivity index (χ1v) is 6.68. The molecule has 0 aliphatic heterocycles. The largest absolute Gasteiger partial charge is 0.452 e. The predicted molar refractivity (Wildman–Crippen MR) is 75.1 cm³/mol.